The molecule has 3 amide bonds. The Bertz CT molecular complexity index is 1680. The molecule has 2 aromatic heterocycles. The summed E-state index contributed by atoms with van der Waals surface area (Å²) in [5.74, 6) is -0.200. The van der Waals surface area contributed by atoms with E-state index in [2.05, 4.69) is 24.4 Å². The summed E-state index contributed by atoms with van der Waals surface area (Å²) in [7, 11) is 0. The van der Waals surface area contributed by atoms with E-state index in [1.807, 2.05) is 29.2 Å². The predicted octanol–water partition coefficient (Wildman–Crippen LogP) is 5.38. The maximum absolute atomic E-state index is 15.3. The van der Waals surface area contributed by atoms with Gasteiger partial charge in [0.15, 0.2) is 0 Å². The van der Waals surface area contributed by atoms with Crippen LogP contribution in [0.1, 0.15) is 65.3 Å². The first-order valence-electron chi connectivity index (χ1n) is 14.3. The number of nitrogens with zero attached hydrogens (tertiary/aromatic N) is 4. The summed E-state index contributed by atoms with van der Waals surface area (Å²) in [5, 5.41) is 17.1. The number of hydrogen-bond acceptors (Lipinski definition) is 4. The van der Waals surface area contributed by atoms with Crippen LogP contribution in [0.15, 0.2) is 60.8 Å². The minimum atomic E-state index is -0.520. The molecule has 0 radical (unpaired) electrons. The highest BCUT2D eigenvalue weighted by Crippen LogP contribution is 2.43. The van der Waals surface area contributed by atoms with Crippen LogP contribution in [-0.4, -0.2) is 62.2 Å². The molecule has 41 heavy (non-hydrogen) atoms. The minimum absolute atomic E-state index is 0.0433. The van der Waals surface area contributed by atoms with Crippen LogP contribution in [0.4, 0.5) is 14.9 Å². The maximum atomic E-state index is 15.3. The number of β-amino-alcohol motifs (C(OH)–C–C–N with tert-alkyl or cyclic N) is 1. The Labute approximate surface area is 237 Å². The molecule has 0 bridgehead atoms. The number of benzene rings is 2. The average Bonchev–Trinajstić information content (AvgIpc) is 3.58. The number of hydrogen-bond donors (Lipinski definition) is 2. The first kappa shape index (κ1) is 25.7. The van der Waals surface area contributed by atoms with E-state index < -0.39 is 11.9 Å². The van der Waals surface area contributed by atoms with E-state index in [0.717, 1.165) is 30.3 Å². The second-order valence-electron chi connectivity index (χ2n) is 11.5. The zero-order valence-electron chi connectivity index (χ0n) is 22.9. The molecule has 9 heteroatoms. The van der Waals surface area contributed by atoms with Crippen molar-refractivity contribution >= 4 is 23.1 Å². The van der Waals surface area contributed by atoms with Gasteiger partial charge in [0.2, 0.25) is 0 Å². The Morgan fingerprint density at radius 3 is 2.61 bits per heavy atom. The number of urea groups is 1. The third-order valence-corrected chi connectivity index (χ3v) is 8.68. The van der Waals surface area contributed by atoms with E-state index in [0.29, 0.717) is 47.9 Å². The van der Waals surface area contributed by atoms with Gasteiger partial charge >= 0.3 is 6.03 Å². The van der Waals surface area contributed by atoms with Crippen molar-refractivity contribution in [1.29, 1.82) is 0 Å². The second-order valence-corrected chi connectivity index (χ2v) is 11.5. The average molecular weight is 554 g/mol. The van der Waals surface area contributed by atoms with Crippen LogP contribution in [0.5, 0.6) is 0 Å². The molecule has 1 aliphatic carbocycles. The second kappa shape index (κ2) is 9.99. The van der Waals surface area contributed by atoms with Crippen LogP contribution in [0.3, 0.4) is 0 Å². The number of anilines is 1. The van der Waals surface area contributed by atoms with Gasteiger partial charge in [-0.1, -0.05) is 24.3 Å². The van der Waals surface area contributed by atoms with E-state index in [4.69, 9.17) is 5.10 Å². The van der Waals surface area contributed by atoms with Crippen LogP contribution < -0.4 is 5.32 Å². The topological polar surface area (TPSA) is 90.2 Å². The number of nitrogens with one attached hydrogen (secondary N) is 1. The van der Waals surface area contributed by atoms with E-state index in [9.17, 15) is 14.7 Å². The molecule has 2 aliphatic heterocycles. The van der Waals surface area contributed by atoms with Crippen molar-refractivity contribution in [3.63, 3.8) is 0 Å². The lowest BCUT2D eigenvalue weighted by molar-refractivity contribution is 0.0670. The Kier molecular flexibility index (Phi) is 6.27. The monoisotopic (exact) mass is 553 g/mol. The summed E-state index contributed by atoms with van der Waals surface area (Å²) in [6, 6.07) is 16.3. The fourth-order valence-corrected chi connectivity index (χ4v) is 6.24. The lowest BCUT2D eigenvalue weighted by Gasteiger charge is -2.35. The minimum Gasteiger partial charge on any atom is -0.391 e. The Morgan fingerprint density at radius 1 is 1.02 bits per heavy atom. The third kappa shape index (κ3) is 4.74. The summed E-state index contributed by atoms with van der Waals surface area (Å²) in [6.45, 7) is 3.44. The van der Waals surface area contributed by atoms with Gasteiger partial charge in [-0.05, 0) is 85.5 Å². The zero-order chi connectivity index (χ0) is 28.2. The molecular weight excluding hydrogens is 521 g/mol. The van der Waals surface area contributed by atoms with Gasteiger partial charge in [0.1, 0.15) is 11.5 Å². The number of fused-ring (bicyclic) bond motifs is 2. The number of carbonyl (C=O) groups is 2. The molecule has 4 heterocycles. The SMILES string of the molecule is C[C@@H]1c2ccccc2CCN1C(=O)c1cc(C2CC2)c2cc(-c3ccc(NC(=O)N4CCC(O)C4)cc3F)cn2n1. The van der Waals surface area contributed by atoms with Crippen molar-refractivity contribution in [2.75, 3.05) is 25.0 Å². The molecule has 1 unspecified atom stereocenters. The summed E-state index contributed by atoms with van der Waals surface area (Å²) in [5.41, 5.74) is 6.19. The molecule has 2 fully saturated rings. The molecule has 8 nitrogen and oxygen atoms in total. The predicted molar refractivity (Wildman–Crippen MR) is 153 cm³/mol. The molecule has 2 N–H and O–H groups in total. The highest BCUT2D eigenvalue weighted by molar-refractivity contribution is 5.94. The van der Waals surface area contributed by atoms with Gasteiger partial charge in [-0.15, -0.1) is 0 Å². The van der Waals surface area contributed by atoms with E-state index in [-0.39, 0.29) is 24.5 Å². The summed E-state index contributed by atoms with van der Waals surface area (Å²) in [4.78, 5) is 29.7. The number of carbonyl (C=O) groups excluding carboxylic acids is 2. The molecule has 3 aliphatic rings. The van der Waals surface area contributed by atoms with Crippen molar-refractivity contribution in [2.24, 2.45) is 0 Å². The van der Waals surface area contributed by atoms with Gasteiger partial charge in [-0.3, -0.25) is 4.79 Å². The van der Waals surface area contributed by atoms with Crippen LogP contribution in [0, 0.1) is 5.82 Å². The molecule has 2 aromatic carbocycles. The number of aromatic nitrogens is 2. The number of amides is 3. The highest BCUT2D eigenvalue weighted by atomic mass is 19.1. The lowest BCUT2D eigenvalue weighted by atomic mass is 9.93. The first-order chi connectivity index (χ1) is 19.9. The molecule has 210 valence electrons. The van der Waals surface area contributed by atoms with Gasteiger partial charge in [0, 0.05) is 42.6 Å². The van der Waals surface area contributed by atoms with Crippen molar-refractivity contribution < 1.29 is 19.1 Å². The molecule has 1 saturated heterocycles. The number of rotatable bonds is 4. The Hall–Kier alpha value is -4.24. The van der Waals surface area contributed by atoms with Crippen LogP contribution in [0.25, 0.3) is 16.6 Å². The van der Waals surface area contributed by atoms with Crippen molar-refractivity contribution in [2.45, 2.75) is 50.7 Å². The van der Waals surface area contributed by atoms with Gasteiger partial charge in [-0.25, -0.2) is 13.7 Å². The first-order valence-corrected chi connectivity index (χ1v) is 14.3. The molecule has 0 spiro atoms. The summed E-state index contributed by atoms with van der Waals surface area (Å²) >= 11 is 0. The van der Waals surface area contributed by atoms with Gasteiger partial charge < -0.3 is 20.2 Å². The van der Waals surface area contributed by atoms with Crippen LogP contribution in [-0.2, 0) is 6.42 Å². The number of halogens is 1. The number of likely N-dealkylation sites (tertiary alicyclic amines) is 1. The van der Waals surface area contributed by atoms with Gasteiger partial charge in [0.25, 0.3) is 5.91 Å². The van der Waals surface area contributed by atoms with Crippen molar-refractivity contribution in [3.8, 4) is 11.1 Å². The highest BCUT2D eigenvalue weighted by Gasteiger charge is 2.32. The number of aliphatic hydroxyl groups is 1. The molecular formula is C32H32FN5O3. The molecule has 2 atom stereocenters. The molecule has 4 aromatic rings. The van der Waals surface area contributed by atoms with E-state index >= 15 is 4.39 Å². The Balaban J connectivity index is 1.17. The fourth-order valence-electron chi connectivity index (χ4n) is 6.24. The van der Waals surface area contributed by atoms with E-state index in [1.165, 1.54) is 22.1 Å². The fraction of sp³-hybridized carbons (Fsp3) is 0.344. The quantitative estimate of drug-likeness (QED) is 0.355. The third-order valence-electron chi connectivity index (χ3n) is 8.68. The van der Waals surface area contributed by atoms with Crippen LogP contribution in [0.2, 0.25) is 0 Å². The van der Waals surface area contributed by atoms with E-state index in [1.54, 1.807) is 22.8 Å². The normalized spacial score (nSPS) is 20.4. The summed E-state index contributed by atoms with van der Waals surface area (Å²) < 4.78 is 17.1. The van der Waals surface area contributed by atoms with Crippen molar-refractivity contribution in [3.05, 3.63) is 89.0 Å². The lowest BCUT2D eigenvalue weighted by Crippen LogP contribution is -2.39. The number of aliphatic hydroxyl groups excluding tert-OH is 1. The van der Waals surface area contributed by atoms with Gasteiger partial charge in [0.05, 0.1) is 17.7 Å². The van der Waals surface area contributed by atoms with Gasteiger partial charge in [-0.2, -0.15) is 5.10 Å². The standard InChI is InChI=1S/C32H32FN5O3/c1-19-25-5-3-2-4-20(25)10-13-37(19)31(40)29-16-27(21-6-7-21)30-14-22(17-38(30)35-29)26-9-8-23(15-28(26)33)34-32(41)36-12-11-24(39)18-36/h2-5,8-9,14-17,19,21,24,39H,6-7,10-13,18H2,1H3,(H,34,41)/t19-,24?/m1/s1. The van der Waals surface area contributed by atoms with Crippen LogP contribution >= 0.6 is 0 Å². The van der Waals surface area contributed by atoms with Crippen molar-refractivity contribution in [1.82, 2.24) is 19.4 Å². The Morgan fingerprint density at radius 2 is 1.85 bits per heavy atom. The molecule has 1 saturated carbocycles. The molecule has 7 rings (SSSR count). The largest absolute Gasteiger partial charge is 0.391 e. The summed E-state index contributed by atoms with van der Waals surface area (Å²) in [6.07, 6.45) is 4.71. The maximum Gasteiger partial charge on any atom is 0.321 e. The zero-order valence-corrected chi connectivity index (χ0v) is 22.9. The smallest absolute Gasteiger partial charge is 0.321 e.